The van der Waals surface area contributed by atoms with E-state index in [0.29, 0.717) is 0 Å². The van der Waals surface area contributed by atoms with E-state index < -0.39 is 0 Å². The van der Waals surface area contributed by atoms with Gasteiger partial charge in [-0.3, -0.25) is 0 Å². The molecule has 13 saturated carbocycles. The van der Waals surface area contributed by atoms with Crippen molar-refractivity contribution in [1.29, 1.82) is 0 Å². The Morgan fingerprint density at radius 2 is 0.394 bits per heavy atom. The third kappa shape index (κ3) is 2.47. The van der Waals surface area contributed by atoms with E-state index in [1.54, 1.807) is 135 Å². The molecular weight excluding hydrogens is 396 g/mol. The van der Waals surface area contributed by atoms with Crippen molar-refractivity contribution in [3.05, 3.63) is 0 Å². The van der Waals surface area contributed by atoms with E-state index in [1.807, 2.05) is 0 Å². The lowest BCUT2D eigenvalue weighted by Gasteiger charge is -2.73. The standard InChI is InChI=1S/C33H48/c1-22-4-28-5-23(1)7-29(6-22,16-28)20-31-10-26-3-27(11-31)15-33(14-26,18-31)21-32-12-24-2-25(13-32)9-30(8-24,17-32)19-28/h22-27H,1-21H2. The molecule has 0 nitrogen and oxygen atoms in total. The summed E-state index contributed by atoms with van der Waals surface area (Å²) in [5.41, 5.74) is 4.81. The smallest absolute Gasteiger partial charge is 0.0282 e. The highest BCUT2D eigenvalue weighted by atomic mass is 14.7. The Labute approximate surface area is 202 Å². The molecule has 13 aliphatic rings. The second-order valence-electron chi connectivity index (χ2n) is 18.4. The van der Waals surface area contributed by atoms with Gasteiger partial charge in [0.2, 0.25) is 0 Å². The molecule has 12 bridgehead atoms. The van der Waals surface area contributed by atoms with Gasteiger partial charge in [0.05, 0.1) is 0 Å². The summed E-state index contributed by atoms with van der Waals surface area (Å²) in [4.78, 5) is 0. The molecule has 0 radical (unpaired) electrons. The fourth-order valence-corrected chi connectivity index (χ4v) is 17.6. The Morgan fingerprint density at radius 1 is 0.242 bits per heavy atom. The van der Waals surface area contributed by atoms with Gasteiger partial charge in [0.1, 0.15) is 0 Å². The monoisotopic (exact) mass is 444 g/mol. The summed E-state index contributed by atoms with van der Waals surface area (Å²) in [6, 6.07) is 0. The minimum Gasteiger partial charge on any atom is -0.0475 e. The second-order valence-corrected chi connectivity index (χ2v) is 18.4. The van der Waals surface area contributed by atoms with E-state index in [0.717, 1.165) is 68.0 Å². The van der Waals surface area contributed by atoms with E-state index >= 15 is 0 Å². The normalized spacial score (nSPS) is 69.8. The van der Waals surface area contributed by atoms with E-state index in [4.69, 9.17) is 0 Å². The first-order valence-corrected chi connectivity index (χ1v) is 15.8. The third-order valence-electron chi connectivity index (χ3n) is 15.2. The Morgan fingerprint density at radius 3 is 0.545 bits per heavy atom. The Hall–Kier alpha value is 0. The van der Waals surface area contributed by atoms with Crippen LogP contribution in [0.1, 0.15) is 135 Å². The molecule has 13 aliphatic carbocycles. The van der Waals surface area contributed by atoms with E-state index in [-0.39, 0.29) is 0 Å². The lowest BCUT2D eigenvalue weighted by Crippen LogP contribution is -2.62. The van der Waals surface area contributed by atoms with Crippen molar-refractivity contribution in [3.63, 3.8) is 0 Å². The van der Waals surface area contributed by atoms with Gasteiger partial charge in [0.15, 0.2) is 0 Å². The molecule has 0 aromatic carbocycles. The summed E-state index contributed by atoms with van der Waals surface area (Å²) in [5.74, 6) is 6.83. The molecule has 13 fully saturated rings. The molecule has 0 saturated heterocycles. The van der Waals surface area contributed by atoms with Crippen molar-refractivity contribution < 1.29 is 0 Å². The Balaban J connectivity index is 1.16. The predicted octanol–water partition coefficient (Wildman–Crippen LogP) is 8.93. The van der Waals surface area contributed by atoms with Crippen LogP contribution in [-0.4, -0.2) is 0 Å². The second kappa shape index (κ2) is 5.47. The van der Waals surface area contributed by atoms with E-state index in [1.165, 1.54) is 0 Å². The highest BCUT2D eigenvalue weighted by molar-refractivity contribution is 5.19. The predicted molar refractivity (Wildman–Crippen MR) is 132 cm³/mol. The molecule has 180 valence electrons. The zero-order valence-corrected chi connectivity index (χ0v) is 21.3. The van der Waals surface area contributed by atoms with Gasteiger partial charge >= 0.3 is 0 Å². The van der Waals surface area contributed by atoms with Crippen LogP contribution in [0.25, 0.3) is 0 Å². The Kier molecular flexibility index (Phi) is 3.17. The summed E-state index contributed by atoms with van der Waals surface area (Å²) < 4.78 is 0. The van der Waals surface area contributed by atoms with Crippen molar-refractivity contribution in [3.8, 4) is 0 Å². The lowest BCUT2D eigenvalue weighted by atomic mass is 9.32. The van der Waals surface area contributed by atoms with Gasteiger partial charge in [-0.2, -0.15) is 0 Å². The average molecular weight is 445 g/mol. The SMILES string of the molecule is C1C2CC34CC1CC(C2)(C3)CC12CC3CC(C1)CC(C3)(C2)CC12CC3CC(CC(C3)(C1)C4)C2. The number of hydrogen-bond donors (Lipinski definition) is 0. The van der Waals surface area contributed by atoms with Gasteiger partial charge in [-0.05, 0) is 203 Å². The van der Waals surface area contributed by atoms with Crippen molar-refractivity contribution >= 4 is 0 Å². The van der Waals surface area contributed by atoms with Crippen LogP contribution in [0.3, 0.4) is 0 Å². The van der Waals surface area contributed by atoms with Gasteiger partial charge in [-0.1, -0.05) is 0 Å². The summed E-state index contributed by atoms with van der Waals surface area (Å²) in [7, 11) is 0. The molecule has 33 heavy (non-hydrogen) atoms. The molecule has 0 heteroatoms. The molecular formula is C33H48. The van der Waals surface area contributed by atoms with Gasteiger partial charge in [-0.25, -0.2) is 0 Å². The molecule has 6 spiro atoms. The maximum atomic E-state index is 1.72. The molecule has 0 atom stereocenters. The molecule has 0 aromatic heterocycles. The highest BCUT2D eigenvalue weighted by Crippen LogP contribution is 2.79. The summed E-state index contributed by atoms with van der Waals surface area (Å²) >= 11 is 0. The molecule has 0 aliphatic heterocycles. The molecule has 0 heterocycles. The molecule has 0 aromatic rings. The summed E-state index contributed by atoms with van der Waals surface area (Å²) in [6.45, 7) is 0. The molecule has 13 rings (SSSR count). The number of rotatable bonds is 0. The van der Waals surface area contributed by atoms with Crippen molar-refractivity contribution in [2.45, 2.75) is 135 Å². The molecule has 0 unspecified atom stereocenters. The first-order chi connectivity index (χ1) is 15.8. The summed E-state index contributed by atoms with van der Waals surface area (Å²) in [6.07, 6.45) is 35.4. The van der Waals surface area contributed by atoms with Gasteiger partial charge in [0, 0.05) is 0 Å². The zero-order chi connectivity index (χ0) is 21.3. The van der Waals surface area contributed by atoms with Gasteiger partial charge < -0.3 is 0 Å². The van der Waals surface area contributed by atoms with Crippen molar-refractivity contribution in [2.75, 3.05) is 0 Å². The first-order valence-electron chi connectivity index (χ1n) is 15.8. The lowest BCUT2D eigenvalue weighted by molar-refractivity contribution is -0.220. The van der Waals surface area contributed by atoms with Crippen molar-refractivity contribution in [2.24, 2.45) is 68.0 Å². The van der Waals surface area contributed by atoms with Crippen molar-refractivity contribution in [1.82, 2.24) is 0 Å². The van der Waals surface area contributed by atoms with Crippen LogP contribution < -0.4 is 0 Å². The van der Waals surface area contributed by atoms with E-state index in [9.17, 15) is 0 Å². The van der Waals surface area contributed by atoms with Crippen LogP contribution in [-0.2, 0) is 0 Å². The quantitative estimate of drug-likeness (QED) is 0.350. The zero-order valence-electron chi connectivity index (χ0n) is 21.3. The summed E-state index contributed by atoms with van der Waals surface area (Å²) in [5, 5.41) is 0. The molecule has 0 amide bonds. The topological polar surface area (TPSA) is 0 Å². The minimum atomic E-state index is 0.802. The van der Waals surface area contributed by atoms with Gasteiger partial charge in [0.25, 0.3) is 0 Å². The van der Waals surface area contributed by atoms with Crippen LogP contribution in [0.2, 0.25) is 0 Å². The minimum absolute atomic E-state index is 0.802. The highest BCUT2D eigenvalue weighted by Gasteiger charge is 2.68. The first kappa shape index (κ1) is 19.2. The maximum Gasteiger partial charge on any atom is -0.0282 e. The van der Waals surface area contributed by atoms with Crippen LogP contribution in [0, 0.1) is 68.0 Å². The van der Waals surface area contributed by atoms with Crippen LogP contribution >= 0.6 is 0 Å². The van der Waals surface area contributed by atoms with Crippen LogP contribution in [0.15, 0.2) is 0 Å². The van der Waals surface area contributed by atoms with Gasteiger partial charge in [-0.15, -0.1) is 0 Å². The van der Waals surface area contributed by atoms with Crippen LogP contribution in [0.4, 0.5) is 0 Å². The fraction of sp³-hybridized carbons (Fsp3) is 1.00. The maximum absolute atomic E-state index is 1.72. The number of hydrogen-bond acceptors (Lipinski definition) is 0. The van der Waals surface area contributed by atoms with E-state index in [2.05, 4.69) is 0 Å². The Bertz CT molecular complexity index is 701. The average Bonchev–Trinajstić information content (AvgIpc) is 2.60. The largest absolute Gasteiger partial charge is 0.0475 e. The fourth-order valence-electron chi connectivity index (χ4n) is 17.6. The van der Waals surface area contributed by atoms with Crippen LogP contribution in [0.5, 0.6) is 0 Å². The molecule has 0 N–H and O–H groups in total. The third-order valence-corrected chi connectivity index (χ3v) is 15.2.